The van der Waals surface area contributed by atoms with Crippen molar-refractivity contribution >= 4 is 23.5 Å². The number of ether oxygens (including phenoxy) is 2. The molecular weight excluding hydrogens is 437 g/mol. The number of rotatable bonds is 4. The monoisotopic (exact) mass is 461 g/mol. The maximum absolute atomic E-state index is 13.5. The van der Waals surface area contributed by atoms with Crippen molar-refractivity contribution in [2.75, 3.05) is 31.8 Å². The molecule has 0 saturated carbocycles. The summed E-state index contributed by atoms with van der Waals surface area (Å²) < 4.78 is 27.0. The first-order chi connectivity index (χ1) is 16.5. The van der Waals surface area contributed by atoms with Gasteiger partial charge in [0.25, 0.3) is 0 Å². The molecule has 2 aliphatic heterocycles. The molecule has 1 aromatic heterocycles. The molecule has 0 unspecified atom stereocenters. The van der Waals surface area contributed by atoms with E-state index in [4.69, 9.17) is 9.47 Å². The van der Waals surface area contributed by atoms with Crippen molar-refractivity contribution in [3.63, 3.8) is 0 Å². The van der Waals surface area contributed by atoms with Gasteiger partial charge in [0.05, 0.1) is 43.6 Å². The predicted molar refractivity (Wildman–Crippen MR) is 126 cm³/mol. The van der Waals surface area contributed by atoms with Crippen molar-refractivity contribution in [2.24, 2.45) is 4.99 Å². The molecule has 0 N–H and O–H groups in total. The molecular formula is C25H24FN5O3. The van der Waals surface area contributed by atoms with Crippen molar-refractivity contribution in [2.45, 2.75) is 13.3 Å². The normalized spacial score (nSPS) is 17.2. The summed E-state index contributed by atoms with van der Waals surface area (Å²) in [5.41, 5.74) is 3.23. The van der Waals surface area contributed by atoms with Crippen LogP contribution in [0.3, 0.4) is 0 Å². The molecule has 5 rings (SSSR count). The molecule has 1 fully saturated rings. The van der Waals surface area contributed by atoms with Crippen LogP contribution in [0.2, 0.25) is 0 Å². The number of aliphatic imine (C=N–C) groups is 1. The summed E-state index contributed by atoms with van der Waals surface area (Å²) in [4.78, 5) is 21.8. The van der Waals surface area contributed by atoms with Gasteiger partial charge in [-0.3, -0.25) is 14.8 Å². The Labute approximate surface area is 196 Å². The summed E-state index contributed by atoms with van der Waals surface area (Å²) in [5.74, 6) is 1.35. The first-order valence-corrected chi connectivity index (χ1v) is 11.0. The lowest BCUT2D eigenvalue weighted by atomic mass is 10.1. The molecule has 3 heterocycles. The fourth-order valence-corrected chi connectivity index (χ4v) is 4.07. The van der Waals surface area contributed by atoms with Crippen LogP contribution in [0.15, 0.2) is 65.7 Å². The van der Waals surface area contributed by atoms with Gasteiger partial charge in [0.2, 0.25) is 5.91 Å². The average molecular weight is 461 g/mol. The number of methoxy groups -OCH3 is 1. The quantitative estimate of drug-likeness (QED) is 0.592. The van der Waals surface area contributed by atoms with Gasteiger partial charge < -0.3 is 14.0 Å². The molecule has 1 saturated heterocycles. The first kappa shape index (κ1) is 21.7. The first-order valence-electron chi connectivity index (χ1n) is 11.0. The van der Waals surface area contributed by atoms with E-state index in [9.17, 15) is 9.18 Å². The minimum absolute atomic E-state index is 0.103. The molecule has 2 aliphatic rings. The molecule has 0 atom stereocenters. The number of amidine groups is 1. The predicted octanol–water partition coefficient (Wildman–Crippen LogP) is 3.75. The summed E-state index contributed by atoms with van der Waals surface area (Å²) in [5, 5.41) is 3.37. The number of amides is 1. The van der Waals surface area contributed by atoms with E-state index in [-0.39, 0.29) is 18.1 Å². The fraction of sp³-hybridized carbons (Fsp3) is 0.240. The van der Waals surface area contributed by atoms with Gasteiger partial charge in [-0.1, -0.05) is 6.07 Å². The Morgan fingerprint density at radius 2 is 2.00 bits per heavy atom. The zero-order chi connectivity index (χ0) is 23.7. The van der Waals surface area contributed by atoms with Gasteiger partial charge in [-0.15, -0.1) is 0 Å². The minimum Gasteiger partial charge on any atom is -0.495 e. The number of morpholine rings is 1. The number of carbonyl (C=O) groups is 1. The third kappa shape index (κ3) is 4.12. The lowest BCUT2D eigenvalue weighted by Gasteiger charge is -2.38. The van der Waals surface area contributed by atoms with Gasteiger partial charge in [0, 0.05) is 12.6 Å². The van der Waals surface area contributed by atoms with E-state index in [0.29, 0.717) is 42.7 Å². The number of aromatic nitrogens is 2. The lowest BCUT2D eigenvalue weighted by molar-refractivity contribution is -0.120. The molecule has 0 spiro atoms. The van der Waals surface area contributed by atoms with Crippen LogP contribution in [0.1, 0.15) is 17.7 Å². The number of hydrogen-bond acceptors (Lipinski definition) is 6. The summed E-state index contributed by atoms with van der Waals surface area (Å²) in [6.45, 7) is 3.09. The Hall–Kier alpha value is -4.14. The van der Waals surface area contributed by atoms with E-state index in [1.807, 2.05) is 42.0 Å². The number of benzene rings is 2. The molecule has 9 heteroatoms. The highest BCUT2D eigenvalue weighted by Crippen LogP contribution is 2.29. The van der Waals surface area contributed by atoms with Gasteiger partial charge in [0.1, 0.15) is 18.2 Å². The molecule has 1 amide bonds. The van der Waals surface area contributed by atoms with E-state index in [0.717, 1.165) is 16.9 Å². The van der Waals surface area contributed by atoms with E-state index >= 15 is 0 Å². The number of hydrazine groups is 1. The van der Waals surface area contributed by atoms with Crippen LogP contribution < -0.4 is 9.75 Å². The Kier molecular flexibility index (Phi) is 5.75. The van der Waals surface area contributed by atoms with Crippen LogP contribution in [-0.4, -0.2) is 53.1 Å². The van der Waals surface area contributed by atoms with Crippen LogP contribution in [0, 0.1) is 12.7 Å². The number of fused-ring (bicyclic) bond motifs is 1. The topological polar surface area (TPSA) is 72.2 Å². The fourth-order valence-electron chi connectivity index (χ4n) is 4.07. The van der Waals surface area contributed by atoms with Crippen LogP contribution in [0.5, 0.6) is 5.75 Å². The van der Waals surface area contributed by atoms with Gasteiger partial charge in [-0.05, 0) is 55.0 Å². The third-order valence-corrected chi connectivity index (χ3v) is 5.65. The number of nitrogens with zero attached hydrogens (tertiary/aromatic N) is 5. The standard InChI is InChI=1S/C25H24FN5O3/c1-17-15-29(16-28-17)21-8-3-18(13-22(21)33-2)14-23-25-27-10-9-24(32)31(30(25)11-12-34-23)20-6-4-19(26)5-7-20/h3-8,13-16H,9-12H2,1-2H3. The largest absolute Gasteiger partial charge is 0.495 e. The van der Waals surface area contributed by atoms with Gasteiger partial charge in [-0.25, -0.2) is 14.4 Å². The number of hydrogen-bond donors (Lipinski definition) is 0. The number of halogens is 1. The van der Waals surface area contributed by atoms with Crippen LogP contribution >= 0.6 is 0 Å². The average Bonchev–Trinajstić information content (AvgIpc) is 3.19. The molecule has 0 aliphatic carbocycles. The van der Waals surface area contributed by atoms with Gasteiger partial charge in [-0.2, -0.15) is 0 Å². The summed E-state index contributed by atoms with van der Waals surface area (Å²) in [7, 11) is 1.62. The van der Waals surface area contributed by atoms with Crippen molar-refractivity contribution in [3.8, 4) is 11.4 Å². The molecule has 3 aromatic rings. The summed E-state index contributed by atoms with van der Waals surface area (Å²) >= 11 is 0. The third-order valence-electron chi connectivity index (χ3n) is 5.65. The van der Waals surface area contributed by atoms with Crippen molar-refractivity contribution < 1.29 is 18.7 Å². The SMILES string of the molecule is COc1cc(C=C2OCCN3C2=NCCC(=O)N3c2ccc(F)cc2)ccc1-n1cnc(C)c1. The van der Waals surface area contributed by atoms with E-state index < -0.39 is 0 Å². The zero-order valence-electron chi connectivity index (χ0n) is 18.9. The highest BCUT2D eigenvalue weighted by atomic mass is 19.1. The number of carbonyl (C=O) groups excluding carboxylic acids is 1. The number of anilines is 1. The van der Waals surface area contributed by atoms with Crippen LogP contribution in [-0.2, 0) is 9.53 Å². The van der Waals surface area contributed by atoms with Gasteiger partial charge >= 0.3 is 0 Å². The maximum atomic E-state index is 13.5. The van der Waals surface area contributed by atoms with Crippen LogP contribution in [0.4, 0.5) is 10.1 Å². The van der Waals surface area contributed by atoms with E-state index in [2.05, 4.69) is 9.98 Å². The number of aryl methyl sites for hydroxylation is 1. The summed E-state index contributed by atoms with van der Waals surface area (Å²) in [6.07, 6.45) is 5.81. The molecule has 8 nitrogen and oxygen atoms in total. The second kappa shape index (κ2) is 9.01. The summed E-state index contributed by atoms with van der Waals surface area (Å²) in [6, 6.07) is 11.7. The molecule has 174 valence electrons. The zero-order valence-corrected chi connectivity index (χ0v) is 18.9. The minimum atomic E-state index is -0.356. The second-order valence-electron chi connectivity index (χ2n) is 7.97. The van der Waals surface area contributed by atoms with Crippen molar-refractivity contribution in [1.29, 1.82) is 0 Å². The molecule has 34 heavy (non-hydrogen) atoms. The Bertz CT molecular complexity index is 1280. The molecule has 0 bridgehead atoms. The second-order valence-corrected chi connectivity index (χ2v) is 7.97. The van der Waals surface area contributed by atoms with Gasteiger partial charge in [0.15, 0.2) is 11.6 Å². The highest BCUT2D eigenvalue weighted by Gasteiger charge is 2.33. The maximum Gasteiger partial charge on any atom is 0.247 e. The Morgan fingerprint density at radius 3 is 2.74 bits per heavy atom. The Morgan fingerprint density at radius 1 is 1.18 bits per heavy atom. The lowest BCUT2D eigenvalue weighted by Crippen LogP contribution is -2.53. The van der Waals surface area contributed by atoms with E-state index in [1.54, 1.807) is 35.6 Å². The smallest absolute Gasteiger partial charge is 0.247 e. The molecule has 0 radical (unpaired) electrons. The van der Waals surface area contributed by atoms with Crippen LogP contribution in [0.25, 0.3) is 11.8 Å². The Balaban J connectivity index is 1.49. The number of imidazole rings is 1. The molecule has 2 aromatic carbocycles. The van der Waals surface area contributed by atoms with E-state index in [1.165, 1.54) is 12.1 Å². The highest BCUT2D eigenvalue weighted by molar-refractivity contribution is 6.06. The van der Waals surface area contributed by atoms with Crippen molar-refractivity contribution in [3.05, 3.63) is 77.8 Å². The van der Waals surface area contributed by atoms with Crippen molar-refractivity contribution in [1.82, 2.24) is 14.6 Å².